The smallest absolute Gasteiger partial charge is 0.235 e. The van der Waals surface area contributed by atoms with Crippen molar-refractivity contribution in [3.8, 4) is 51.5 Å². The Morgan fingerprint density at radius 1 is 0.469 bits per heavy atom. The highest BCUT2D eigenvalue weighted by atomic mass is 16.5. The van der Waals surface area contributed by atoms with E-state index in [1.54, 1.807) is 24.8 Å². The normalized spacial score (nSPS) is 11.3. The average molecular weight is 636 g/mol. The molecule has 0 aliphatic heterocycles. The summed E-state index contributed by atoms with van der Waals surface area (Å²) in [5.41, 5.74) is 6.74. The third-order valence-electron chi connectivity index (χ3n) is 8.22. The molecule has 0 atom stereocenters. The highest BCUT2D eigenvalue weighted by molar-refractivity contribution is 6.09. The molecule has 0 N–H and O–H groups in total. The molecule has 0 saturated heterocycles. The molecule has 0 amide bonds. The third kappa shape index (κ3) is 5.45. The van der Waals surface area contributed by atoms with E-state index in [1.165, 1.54) is 6.33 Å². The van der Waals surface area contributed by atoms with Crippen molar-refractivity contribution < 1.29 is 9.47 Å². The first-order valence-electron chi connectivity index (χ1n) is 15.7. The minimum absolute atomic E-state index is 0.478. The topological polar surface area (TPSA) is 101 Å². The minimum Gasteiger partial charge on any atom is -0.457 e. The summed E-state index contributed by atoms with van der Waals surface area (Å²) in [5.74, 6) is 3.22. The van der Waals surface area contributed by atoms with Gasteiger partial charge in [0.15, 0.2) is 0 Å². The molecule has 0 spiro atoms. The Hall–Kier alpha value is -7.00. The molecule has 9 aromatic rings. The van der Waals surface area contributed by atoms with Crippen LogP contribution in [-0.4, -0.2) is 34.5 Å². The van der Waals surface area contributed by atoms with Crippen molar-refractivity contribution in [3.05, 3.63) is 152 Å². The number of aromatic nitrogens is 7. The van der Waals surface area contributed by atoms with E-state index in [1.807, 2.05) is 114 Å². The zero-order chi connectivity index (χ0) is 32.6. The maximum Gasteiger partial charge on any atom is 0.235 e. The summed E-state index contributed by atoms with van der Waals surface area (Å²) < 4.78 is 14.9. The van der Waals surface area contributed by atoms with Crippen molar-refractivity contribution in [2.45, 2.75) is 0 Å². The second-order valence-corrected chi connectivity index (χ2v) is 11.3. The molecule has 0 fully saturated rings. The second kappa shape index (κ2) is 12.0. The van der Waals surface area contributed by atoms with Crippen molar-refractivity contribution in [2.75, 3.05) is 0 Å². The predicted octanol–water partition coefficient (Wildman–Crippen LogP) is 9.23. The van der Waals surface area contributed by atoms with Crippen LogP contribution in [0.25, 0.3) is 61.3 Å². The number of benzene rings is 4. The summed E-state index contributed by atoms with van der Waals surface area (Å²) in [6.45, 7) is 0. The van der Waals surface area contributed by atoms with Crippen LogP contribution in [0, 0.1) is 0 Å². The van der Waals surface area contributed by atoms with Crippen molar-refractivity contribution in [2.24, 2.45) is 0 Å². The average Bonchev–Trinajstić information content (AvgIpc) is 3.48. The number of hydrogen-bond donors (Lipinski definition) is 0. The lowest BCUT2D eigenvalue weighted by Gasteiger charge is -2.10. The van der Waals surface area contributed by atoms with Gasteiger partial charge in [0.2, 0.25) is 5.95 Å². The maximum atomic E-state index is 6.42. The molecule has 49 heavy (non-hydrogen) atoms. The Kier molecular flexibility index (Phi) is 6.90. The van der Waals surface area contributed by atoms with E-state index < -0.39 is 0 Å². The monoisotopic (exact) mass is 635 g/mol. The molecule has 9 heteroatoms. The first kappa shape index (κ1) is 28.2. The van der Waals surface area contributed by atoms with Crippen LogP contribution in [0.15, 0.2) is 152 Å². The van der Waals surface area contributed by atoms with Gasteiger partial charge in [-0.1, -0.05) is 36.4 Å². The van der Waals surface area contributed by atoms with Crippen LogP contribution in [0.4, 0.5) is 0 Å². The zero-order valence-electron chi connectivity index (χ0n) is 25.9. The largest absolute Gasteiger partial charge is 0.457 e. The summed E-state index contributed by atoms with van der Waals surface area (Å²) in [7, 11) is 0. The van der Waals surface area contributed by atoms with Crippen LogP contribution >= 0.6 is 0 Å². The van der Waals surface area contributed by atoms with Gasteiger partial charge in [-0.15, -0.1) is 0 Å². The molecule has 0 saturated carbocycles. The van der Waals surface area contributed by atoms with Crippen molar-refractivity contribution in [1.82, 2.24) is 34.5 Å². The van der Waals surface area contributed by atoms with E-state index in [0.29, 0.717) is 40.0 Å². The Bertz CT molecular complexity index is 2480. The molecular weight excluding hydrogens is 610 g/mol. The molecule has 0 unspecified atom stereocenters. The first-order valence-corrected chi connectivity index (χ1v) is 15.7. The molecular formula is C40H25N7O2. The number of hydrogen-bond acceptors (Lipinski definition) is 8. The Balaban J connectivity index is 1.15. The second-order valence-electron chi connectivity index (χ2n) is 11.3. The highest BCUT2D eigenvalue weighted by Gasteiger charge is 2.17. The van der Waals surface area contributed by atoms with Crippen molar-refractivity contribution in [3.63, 3.8) is 0 Å². The molecule has 5 heterocycles. The fourth-order valence-corrected chi connectivity index (χ4v) is 5.98. The number of nitrogens with zero attached hydrogens (tertiary/aromatic N) is 7. The molecule has 232 valence electrons. The minimum atomic E-state index is 0.478. The molecule has 9 rings (SSSR count). The summed E-state index contributed by atoms with van der Waals surface area (Å²) >= 11 is 0. The highest BCUT2D eigenvalue weighted by Crippen LogP contribution is 2.38. The van der Waals surface area contributed by atoms with Gasteiger partial charge in [0.05, 0.1) is 34.8 Å². The van der Waals surface area contributed by atoms with E-state index in [-0.39, 0.29) is 0 Å². The SMILES string of the molecule is c1ccc(-c2cccc(Oc3ccc4c5ccc(Oc6cccc(-c7ccccn7)c6)cc5n(-c5ncc6ncncc6n5)c4c3)c2)nc1. The van der Waals surface area contributed by atoms with E-state index in [2.05, 4.69) is 32.1 Å². The van der Waals surface area contributed by atoms with E-state index in [4.69, 9.17) is 19.4 Å². The van der Waals surface area contributed by atoms with Crippen LogP contribution in [0.3, 0.4) is 0 Å². The number of fused-ring (bicyclic) bond motifs is 4. The van der Waals surface area contributed by atoms with Gasteiger partial charge in [-0.2, -0.15) is 0 Å². The molecule has 0 radical (unpaired) electrons. The van der Waals surface area contributed by atoms with Crippen LogP contribution in [0.1, 0.15) is 0 Å². The third-order valence-corrected chi connectivity index (χ3v) is 8.22. The molecule has 0 aliphatic rings. The van der Waals surface area contributed by atoms with Crippen LogP contribution in [-0.2, 0) is 0 Å². The Labute approximate surface area is 280 Å². The number of rotatable bonds is 7. The molecule has 5 aromatic heterocycles. The van der Waals surface area contributed by atoms with E-state index in [0.717, 1.165) is 44.3 Å². The molecule has 0 bridgehead atoms. The van der Waals surface area contributed by atoms with Gasteiger partial charge in [0.25, 0.3) is 0 Å². The van der Waals surface area contributed by atoms with Crippen molar-refractivity contribution >= 4 is 32.8 Å². The summed E-state index contributed by atoms with van der Waals surface area (Å²) in [4.78, 5) is 27.1. The predicted molar refractivity (Wildman–Crippen MR) is 189 cm³/mol. The van der Waals surface area contributed by atoms with E-state index in [9.17, 15) is 0 Å². The fourth-order valence-electron chi connectivity index (χ4n) is 5.98. The van der Waals surface area contributed by atoms with Crippen LogP contribution in [0.5, 0.6) is 23.0 Å². The maximum absolute atomic E-state index is 6.42. The summed E-state index contributed by atoms with van der Waals surface area (Å²) in [5, 5.41) is 2.03. The lowest BCUT2D eigenvalue weighted by Crippen LogP contribution is -2.02. The number of pyridine rings is 2. The van der Waals surface area contributed by atoms with Gasteiger partial charge in [-0.3, -0.25) is 14.5 Å². The lowest BCUT2D eigenvalue weighted by atomic mass is 10.1. The molecule has 9 nitrogen and oxygen atoms in total. The quantitative estimate of drug-likeness (QED) is 0.171. The Morgan fingerprint density at radius 3 is 1.63 bits per heavy atom. The number of ether oxygens (including phenoxy) is 2. The zero-order valence-corrected chi connectivity index (χ0v) is 25.9. The Morgan fingerprint density at radius 2 is 1.06 bits per heavy atom. The van der Waals surface area contributed by atoms with Crippen molar-refractivity contribution in [1.29, 1.82) is 0 Å². The first-order chi connectivity index (χ1) is 24.2. The van der Waals surface area contributed by atoms with Gasteiger partial charge < -0.3 is 9.47 Å². The standard InChI is InChI=1S/C40H25N7O2/c1-3-17-42-34(11-1)26-7-5-9-28(19-26)48-30-13-15-32-33-16-14-31(49-29-10-6-8-27(20-29)35-12-2-4-18-43-35)22-39(33)47(38(32)21-30)40-44-24-36-37(46-40)23-41-25-45-36/h1-25H. The van der Waals surface area contributed by atoms with Gasteiger partial charge in [-0.05, 0) is 72.8 Å². The van der Waals surface area contributed by atoms with Gasteiger partial charge in [0, 0.05) is 46.4 Å². The molecule has 0 aliphatic carbocycles. The summed E-state index contributed by atoms with van der Waals surface area (Å²) in [6, 6.07) is 39.6. The fraction of sp³-hybridized carbons (Fsp3) is 0. The van der Waals surface area contributed by atoms with Gasteiger partial charge in [0.1, 0.15) is 40.4 Å². The summed E-state index contributed by atoms with van der Waals surface area (Å²) in [6.07, 6.45) is 8.46. The lowest BCUT2D eigenvalue weighted by molar-refractivity contribution is 0.483. The van der Waals surface area contributed by atoms with Crippen LogP contribution in [0.2, 0.25) is 0 Å². The van der Waals surface area contributed by atoms with E-state index >= 15 is 0 Å². The van der Waals surface area contributed by atoms with Gasteiger partial charge in [-0.25, -0.2) is 19.9 Å². The molecule has 4 aromatic carbocycles. The van der Waals surface area contributed by atoms with Gasteiger partial charge >= 0.3 is 0 Å². The van der Waals surface area contributed by atoms with Crippen LogP contribution < -0.4 is 9.47 Å².